The number of rotatable bonds is 67. The number of aliphatic hydroxyl groups excluding tert-OH is 11. The summed E-state index contributed by atoms with van der Waals surface area (Å²) in [6.07, 6.45) is 73.6. The molecule has 0 aliphatic carbocycles. The Balaban J connectivity index is 1.37. The Morgan fingerprint density at radius 1 is 0.336 bits per heavy atom. The molecule has 0 aromatic carbocycles. The minimum Gasteiger partial charge on any atom is -0.394 e. The monoisotopic (exact) mass is 1550 g/mol. The molecule has 0 spiro atoms. The number of amides is 1. The van der Waals surface area contributed by atoms with Crippen LogP contribution in [0.3, 0.4) is 0 Å². The van der Waals surface area contributed by atoms with Crippen molar-refractivity contribution in [3.8, 4) is 0 Å². The topological polar surface area (TPSA) is 307 Å². The Kier molecular flexibility index (Phi) is 62.7. The van der Waals surface area contributed by atoms with Crippen LogP contribution in [-0.4, -0.2) is 193 Å². The van der Waals surface area contributed by atoms with Crippen molar-refractivity contribution in [2.45, 2.75) is 394 Å². The number of hydrogen-bond acceptors (Lipinski definition) is 18. The van der Waals surface area contributed by atoms with E-state index < -0.39 is 124 Å². The van der Waals surface area contributed by atoms with Crippen LogP contribution in [0.5, 0.6) is 0 Å². The van der Waals surface area contributed by atoms with Crippen LogP contribution in [0.4, 0.5) is 0 Å². The van der Waals surface area contributed by atoms with Gasteiger partial charge in [-0.3, -0.25) is 4.79 Å². The Bertz CT molecular complexity index is 2560. The normalized spacial score (nSPS) is 25.9. The first-order valence-electron chi connectivity index (χ1n) is 43.1. The van der Waals surface area contributed by atoms with Gasteiger partial charge in [-0.2, -0.15) is 0 Å². The van der Waals surface area contributed by atoms with Crippen LogP contribution in [0.25, 0.3) is 0 Å². The zero-order valence-corrected chi connectivity index (χ0v) is 67.7. The van der Waals surface area contributed by atoms with E-state index >= 15 is 0 Å². The van der Waals surface area contributed by atoms with Crippen molar-refractivity contribution in [1.82, 2.24) is 5.32 Å². The molecule has 3 rings (SSSR count). The summed E-state index contributed by atoms with van der Waals surface area (Å²) in [5, 5.41) is 121. The predicted molar refractivity (Wildman–Crippen MR) is 442 cm³/mol. The van der Waals surface area contributed by atoms with Crippen molar-refractivity contribution in [3.05, 3.63) is 146 Å². The highest BCUT2D eigenvalue weighted by Crippen LogP contribution is 2.33. The summed E-state index contributed by atoms with van der Waals surface area (Å²) >= 11 is 0. The molecule has 0 radical (unpaired) electrons. The molecule has 110 heavy (non-hydrogen) atoms. The van der Waals surface area contributed by atoms with Gasteiger partial charge in [-0.15, -0.1) is 0 Å². The van der Waals surface area contributed by atoms with Crippen LogP contribution in [0.1, 0.15) is 290 Å². The molecule has 3 fully saturated rings. The summed E-state index contributed by atoms with van der Waals surface area (Å²) in [5.41, 5.74) is 0. The van der Waals surface area contributed by atoms with E-state index in [9.17, 15) is 61.0 Å². The van der Waals surface area contributed by atoms with Crippen LogP contribution >= 0.6 is 0 Å². The number of hydrogen-bond donors (Lipinski definition) is 12. The maximum atomic E-state index is 13.5. The molecule has 0 saturated carbocycles. The molecule has 19 nitrogen and oxygen atoms in total. The minimum atomic E-state index is -1.99. The number of unbranched alkanes of at least 4 members (excludes halogenated alkanes) is 27. The molecule has 3 aliphatic heterocycles. The highest BCUT2D eigenvalue weighted by molar-refractivity contribution is 5.76. The van der Waals surface area contributed by atoms with Crippen molar-refractivity contribution in [2.75, 3.05) is 26.4 Å². The summed E-state index contributed by atoms with van der Waals surface area (Å²) in [6.45, 7) is 1.67. The number of nitrogens with one attached hydrogen (secondary N) is 1. The first-order chi connectivity index (χ1) is 53.8. The minimum absolute atomic E-state index is 0.202. The van der Waals surface area contributed by atoms with Crippen molar-refractivity contribution in [2.24, 2.45) is 0 Å². The van der Waals surface area contributed by atoms with Gasteiger partial charge in [0, 0.05) is 6.42 Å². The average Bonchev–Trinajstić information content (AvgIpc) is 0.780. The van der Waals surface area contributed by atoms with Gasteiger partial charge in [-0.05, 0) is 103 Å². The van der Waals surface area contributed by atoms with E-state index in [0.717, 1.165) is 109 Å². The first-order valence-corrected chi connectivity index (χ1v) is 43.1. The van der Waals surface area contributed by atoms with Gasteiger partial charge in [0.1, 0.15) is 73.2 Å². The second-order valence-electron chi connectivity index (χ2n) is 29.9. The van der Waals surface area contributed by atoms with Crippen LogP contribution in [0, 0.1) is 0 Å². The second-order valence-corrected chi connectivity index (χ2v) is 29.9. The highest BCUT2D eigenvalue weighted by atomic mass is 16.8. The van der Waals surface area contributed by atoms with E-state index in [4.69, 9.17) is 28.4 Å². The zero-order valence-electron chi connectivity index (χ0n) is 67.7. The number of aliphatic hydroxyl groups is 11. The Hall–Kier alpha value is -4.33. The molecule has 1 amide bonds. The first kappa shape index (κ1) is 99.9. The van der Waals surface area contributed by atoms with Crippen LogP contribution in [0.15, 0.2) is 146 Å². The van der Waals surface area contributed by atoms with Gasteiger partial charge in [0.15, 0.2) is 18.9 Å². The van der Waals surface area contributed by atoms with Gasteiger partial charge in [0.05, 0.1) is 38.6 Å². The Labute approximate surface area is 663 Å². The van der Waals surface area contributed by atoms with Gasteiger partial charge in [-0.25, -0.2) is 0 Å². The molecule has 19 heteroatoms. The molecule has 0 aromatic heterocycles. The van der Waals surface area contributed by atoms with Crippen molar-refractivity contribution in [3.63, 3.8) is 0 Å². The van der Waals surface area contributed by atoms with Gasteiger partial charge < -0.3 is 89.9 Å². The summed E-state index contributed by atoms with van der Waals surface area (Å²) in [7, 11) is 0. The van der Waals surface area contributed by atoms with Gasteiger partial charge in [-0.1, -0.05) is 327 Å². The third-order valence-electron chi connectivity index (χ3n) is 20.4. The van der Waals surface area contributed by atoms with Crippen molar-refractivity contribution < 1.29 is 89.4 Å². The fraction of sp³-hybridized carbons (Fsp3) is 0.725. The lowest BCUT2D eigenvalue weighted by Crippen LogP contribution is -2.66. The largest absolute Gasteiger partial charge is 0.394 e. The van der Waals surface area contributed by atoms with Crippen LogP contribution in [-0.2, 0) is 33.2 Å². The smallest absolute Gasteiger partial charge is 0.220 e. The molecule has 630 valence electrons. The molecular formula is C91H153NO18. The maximum absolute atomic E-state index is 13.5. The van der Waals surface area contributed by atoms with E-state index in [1.165, 1.54) is 141 Å². The molecule has 17 atom stereocenters. The third kappa shape index (κ3) is 47.5. The highest BCUT2D eigenvalue weighted by Gasteiger charge is 2.54. The fourth-order valence-corrected chi connectivity index (χ4v) is 13.6. The van der Waals surface area contributed by atoms with Gasteiger partial charge >= 0.3 is 0 Å². The number of ether oxygens (including phenoxy) is 6. The summed E-state index contributed by atoms with van der Waals surface area (Å²) < 4.78 is 34.5. The van der Waals surface area contributed by atoms with Gasteiger partial charge in [0.25, 0.3) is 0 Å². The lowest BCUT2D eigenvalue weighted by molar-refractivity contribution is -0.379. The maximum Gasteiger partial charge on any atom is 0.220 e. The third-order valence-corrected chi connectivity index (χ3v) is 20.4. The quantitative estimate of drug-likeness (QED) is 0.0199. The van der Waals surface area contributed by atoms with Gasteiger partial charge in [0.2, 0.25) is 5.91 Å². The SMILES string of the molecule is CC/C=C\C/C=C\C/C=C\C/C=C\C/C=C\C/C=C\C/C=C\C/C=C\C/C=C\C/C=C\C/C=C\C/C=C\CCCCC(=O)NC(COC1OC(CO)C(OC2OC(CO)C(OC3OC(CO)C(O)C(O)C3O)C(O)C2O)C(O)C1O)C(O)CCCCCCCCCCCCCCCCCCCCCCCCCCCC. The predicted octanol–water partition coefficient (Wildman–Crippen LogP) is 15.8. The number of carbonyl (C=O) groups excluding carboxylic acids is 1. The Morgan fingerprint density at radius 2 is 0.627 bits per heavy atom. The standard InChI is InChI=1S/C91H153NO18/c1-3-5-7-9-11-13-15-17-19-21-23-25-27-29-31-32-33-34-35-36-37-38-39-40-41-42-43-45-47-49-51-53-55-57-59-61-63-65-67-69-79(97)92-74(75(96)68-66-64-62-60-58-56-54-52-50-48-46-44-30-28-26-24-22-20-18-16-14-12-10-8-6-4-2)73-105-89-85(103)82(100)87(77(71-94)107-89)110-91-86(104)83(101)88(78(72-95)108-91)109-90-84(102)81(99)80(98)76(70-93)106-90/h5,7,11,13,17,19,23,25,29,31,33-34,36-37,39-40,42-43,47,49,53,55,59,61,74-78,80-91,93-96,98-104H,3-4,6,8-10,12,14-16,18,20-22,24,26-28,30,32,35,38,41,44-46,48,50-52,54,56-58,60,62-73H2,1-2H3,(H,92,97)/b7-5-,13-11-,19-17-,25-23-,31-29-,34-33-,37-36-,40-39-,43-42-,49-47-,55-53-,61-59-. The lowest BCUT2D eigenvalue weighted by Gasteiger charge is -2.48. The average molecular weight is 1550 g/mol. The van der Waals surface area contributed by atoms with Crippen LogP contribution < -0.4 is 5.32 Å². The van der Waals surface area contributed by atoms with E-state index in [2.05, 4.69) is 165 Å². The van der Waals surface area contributed by atoms with E-state index in [1.54, 1.807) is 0 Å². The molecule has 12 N–H and O–H groups in total. The zero-order chi connectivity index (χ0) is 79.5. The van der Waals surface area contributed by atoms with Crippen LogP contribution in [0.2, 0.25) is 0 Å². The second kappa shape index (κ2) is 69.0. The Morgan fingerprint density at radius 3 is 0.964 bits per heavy atom. The molecule has 3 aliphatic rings. The number of carbonyl (C=O) groups is 1. The molecule has 3 heterocycles. The number of allylic oxidation sites excluding steroid dienone is 24. The molecule has 3 saturated heterocycles. The summed E-state index contributed by atoms with van der Waals surface area (Å²) in [4.78, 5) is 13.5. The molecular weight excluding hydrogens is 1390 g/mol. The van der Waals surface area contributed by atoms with E-state index in [0.29, 0.717) is 19.3 Å². The molecule has 0 aromatic rings. The summed E-state index contributed by atoms with van der Waals surface area (Å²) in [5.74, 6) is -0.288. The van der Waals surface area contributed by atoms with Crippen molar-refractivity contribution >= 4 is 5.91 Å². The van der Waals surface area contributed by atoms with E-state index in [-0.39, 0.29) is 18.9 Å². The lowest BCUT2D eigenvalue weighted by atomic mass is 9.96. The molecule has 0 bridgehead atoms. The van der Waals surface area contributed by atoms with Crippen molar-refractivity contribution in [1.29, 1.82) is 0 Å². The molecule has 17 unspecified atom stereocenters. The summed E-state index contributed by atoms with van der Waals surface area (Å²) in [6, 6.07) is -0.924. The fourth-order valence-electron chi connectivity index (χ4n) is 13.6. The van der Waals surface area contributed by atoms with E-state index in [1.807, 2.05) is 0 Å².